The van der Waals surface area contributed by atoms with Crippen molar-refractivity contribution in [2.24, 2.45) is 0 Å². The summed E-state index contributed by atoms with van der Waals surface area (Å²) in [7, 11) is 1.70. The highest BCUT2D eigenvalue weighted by atomic mass is 32.1. The molecule has 1 atom stereocenters. The van der Waals surface area contributed by atoms with Crippen molar-refractivity contribution >= 4 is 40.8 Å². The van der Waals surface area contributed by atoms with Crippen molar-refractivity contribution in [1.82, 2.24) is 9.97 Å². The zero-order valence-electron chi connectivity index (χ0n) is 16.2. The standard InChI is InChI=1S/C20H20F2N6OS/c1-11(26-17-10-25-14(9-23)19(24-2)28-17)12-4-3-5-13(8-12)27-20(29)16-7-6-15(30-16)18(21)22/h3-11,18,23H,1-2H3,(H,27,29)(H2,24,26,28)/t11-/m0/s1. The largest absolute Gasteiger partial charge is 0.371 e. The number of rotatable bonds is 8. The molecule has 3 aromatic rings. The van der Waals surface area contributed by atoms with Crippen molar-refractivity contribution in [3.05, 3.63) is 63.6 Å². The summed E-state index contributed by atoms with van der Waals surface area (Å²) in [6.07, 6.45) is 0.0722. The van der Waals surface area contributed by atoms with Gasteiger partial charge in [0.25, 0.3) is 12.3 Å². The number of alkyl halides is 2. The first-order chi connectivity index (χ1) is 14.4. The second-order valence-corrected chi connectivity index (χ2v) is 7.45. The molecule has 0 saturated carbocycles. The van der Waals surface area contributed by atoms with Gasteiger partial charge in [0.15, 0.2) is 5.82 Å². The van der Waals surface area contributed by atoms with Gasteiger partial charge in [0.05, 0.1) is 22.0 Å². The Kier molecular flexibility index (Phi) is 6.68. The number of amides is 1. The molecule has 30 heavy (non-hydrogen) atoms. The van der Waals surface area contributed by atoms with Crippen LogP contribution in [0.25, 0.3) is 0 Å². The third-order valence-electron chi connectivity index (χ3n) is 4.25. The molecule has 0 fully saturated rings. The van der Waals surface area contributed by atoms with Gasteiger partial charge in [-0.15, -0.1) is 11.3 Å². The fraction of sp³-hybridized carbons (Fsp3) is 0.200. The quantitative estimate of drug-likeness (QED) is 0.379. The molecule has 0 aliphatic carbocycles. The Labute approximate surface area is 176 Å². The van der Waals surface area contributed by atoms with E-state index in [1.54, 1.807) is 31.4 Å². The maximum atomic E-state index is 12.7. The minimum Gasteiger partial charge on any atom is -0.371 e. The van der Waals surface area contributed by atoms with Crippen LogP contribution in [0.4, 0.5) is 26.1 Å². The number of anilines is 3. The van der Waals surface area contributed by atoms with Crippen LogP contribution in [0.3, 0.4) is 0 Å². The second-order valence-electron chi connectivity index (χ2n) is 6.33. The summed E-state index contributed by atoms with van der Waals surface area (Å²) in [5, 5.41) is 16.2. The normalized spacial score (nSPS) is 11.8. The second kappa shape index (κ2) is 9.40. The third kappa shape index (κ3) is 4.95. The van der Waals surface area contributed by atoms with Crippen LogP contribution < -0.4 is 16.0 Å². The lowest BCUT2D eigenvalue weighted by Crippen LogP contribution is -2.12. The van der Waals surface area contributed by atoms with Gasteiger partial charge in [-0.2, -0.15) is 0 Å². The zero-order valence-corrected chi connectivity index (χ0v) is 17.1. The van der Waals surface area contributed by atoms with E-state index in [-0.39, 0.29) is 15.8 Å². The molecule has 7 nitrogen and oxygen atoms in total. The summed E-state index contributed by atoms with van der Waals surface area (Å²) in [5.41, 5.74) is 1.87. The molecular formula is C20H20F2N6OS. The molecule has 3 rings (SSSR count). The number of hydrogen-bond donors (Lipinski definition) is 4. The first-order valence-electron chi connectivity index (χ1n) is 9.02. The topological polar surface area (TPSA) is 103 Å². The first-order valence-corrected chi connectivity index (χ1v) is 9.84. The monoisotopic (exact) mass is 430 g/mol. The summed E-state index contributed by atoms with van der Waals surface area (Å²) in [6, 6.07) is 9.72. The van der Waals surface area contributed by atoms with Crippen LogP contribution in [0.15, 0.2) is 42.6 Å². The molecule has 0 saturated heterocycles. The maximum absolute atomic E-state index is 12.7. The van der Waals surface area contributed by atoms with Crippen LogP contribution in [0.5, 0.6) is 0 Å². The van der Waals surface area contributed by atoms with Crippen LogP contribution in [0.1, 0.15) is 45.2 Å². The van der Waals surface area contributed by atoms with Gasteiger partial charge in [-0.05, 0) is 36.8 Å². The van der Waals surface area contributed by atoms with Crippen LogP contribution in [-0.2, 0) is 0 Å². The fourth-order valence-electron chi connectivity index (χ4n) is 2.73. The van der Waals surface area contributed by atoms with E-state index in [1.807, 2.05) is 13.0 Å². The van der Waals surface area contributed by atoms with E-state index in [1.165, 1.54) is 12.1 Å². The van der Waals surface area contributed by atoms with Gasteiger partial charge in [0.1, 0.15) is 11.5 Å². The molecule has 2 aromatic heterocycles. The Morgan fingerprint density at radius 3 is 2.73 bits per heavy atom. The van der Waals surface area contributed by atoms with Crippen molar-refractivity contribution in [3.8, 4) is 0 Å². The number of nitrogens with zero attached hydrogens (tertiary/aromatic N) is 2. The average Bonchev–Trinajstić information content (AvgIpc) is 3.24. The molecule has 1 aromatic carbocycles. The van der Waals surface area contributed by atoms with E-state index in [0.717, 1.165) is 23.1 Å². The van der Waals surface area contributed by atoms with Crippen molar-refractivity contribution in [3.63, 3.8) is 0 Å². The number of carbonyl (C=O) groups excluding carboxylic acids is 1. The van der Waals surface area contributed by atoms with E-state index >= 15 is 0 Å². The molecule has 10 heteroatoms. The van der Waals surface area contributed by atoms with Gasteiger partial charge >= 0.3 is 0 Å². The van der Waals surface area contributed by atoms with Crippen LogP contribution >= 0.6 is 11.3 Å². The Morgan fingerprint density at radius 2 is 2.07 bits per heavy atom. The Morgan fingerprint density at radius 1 is 1.27 bits per heavy atom. The van der Waals surface area contributed by atoms with Crippen molar-refractivity contribution in [2.45, 2.75) is 19.4 Å². The van der Waals surface area contributed by atoms with E-state index in [4.69, 9.17) is 5.41 Å². The molecule has 0 aliphatic heterocycles. The summed E-state index contributed by atoms with van der Waals surface area (Å²) in [4.78, 5) is 21.0. The number of benzene rings is 1. The lowest BCUT2D eigenvalue weighted by molar-refractivity contribution is 0.103. The molecule has 156 valence electrons. The average molecular weight is 430 g/mol. The Balaban J connectivity index is 1.71. The van der Waals surface area contributed by atoms with E-state index in [9.17, 15) is 13.6 Å². The van der Waals surface area contributed by atoms with Gasteiger partial charge in [-0.25, -0.2) is 18.7 Å². The Hall–Kier alpha value is -3.40. The molecule has 0 bridgehead atoms. The number of nitrogens with one attached hydrogen (secondary N) is 4. The van der Waals surface area contributed by atoms with Gasteiger partial charge in [-0.3, -0.25) is 4.79 Å². The number of carbonyl (C=O) groups is 1. The number of thiophene rings is 1. The SMILES string of the molecule is CNc1nc(N[C@@H](C)c2cccc(NC(=O)c3ccc(C(F)F)s3)c2)cnc1C=N. The number of aromatic nitrogens is 2. The summed E-state index contributed by atoms with van der Waals surface area (Å²) in [5.74, 6) is 0.587. The molecular weight excluding hydrogens is 410 g/mol. The summed E-state index contributed by atoms with van der Waals surface area (Å²) in [6.45, 7) is 1.93. The lowest BCUT2D eigenvalue weighted by atomic mass is 10.1. The van der Waals surface area contributed by atoms with Crippen LogP contribution in [0.2, 0.25) is 0 Å². The van der Waals surface area contributed by atoms with Gasteiger partial charge in [0.2, 0.25) is 0 Å². The van der Waals surface area contributed by atoms with Crippen LogP contribution in [-0.4, -0.2) is 29.1 Å². The lowest BCUT2D eigenvalue weighted by Gasteiger charge is -2.17. The van der Waals surface area contributed by atoms with Crippen molar-refractivity contribution in [2.75, 3.05) is 23.0 Å². The smallest absolute Gasteiger partial charge is 0.272 e. The molecule has 0 unspecified atom stereocenters. The van der Waals surface area contributed by atoms with Gasteiger partial charge in [-0.1, -0.05) is 12.1 Å². The number of halogens is 2. The molecule has 1 amide bonds. The molecule has 0 aliphatic rings. The first kappa shape index (κ1) is 21.3. The molecule has 0 radical (unpaired) electrons. The van der Waals surface area contributed by atoms with Crippen LogP contribution in [0, 0.1) is 5.41 Å². The number of hydrogen-bond acceptors (Lipinski definition) is 7. The van der Waals surface area contributed by atoms with Crippen molar-refractivity contribution < 1.29 is 13.6 Å². The fourth-order valence-corrected chi connectivity index (χ4v) is 3.49. The zero-order chi connectivity index (χ0) is 21.7. The minimum absolute atomic E-state index is 0.136. The Bertz CT molecular complexity index is 1060. The van der Waals surface area contributed by atoms with E-state index in [2.05, 4.69) is 25.9 Å². The highest BCUT2D eigenvalue weighted by Gasteiger charge is 2.15. The predicted molar refractivity (Wildman–Crippen MR) is 115 cm³/mol. The van der Waals surface area contributed by atoms with E-state index in [0.29, 0.717) is 23.0 Å². The maximum Gasteiger partial charge on any atom is 0.272 e. The van der Waals surface area contributed by atoms with Crippen molar-refractivity contribution in [1.29, 1.82) is 5.41 Å². The third-order valence-corrected chi connectivity index (χ3v) is 5.34. The highest BCUT2D eigenvalue weighted by Crippen LogP contribution is 2.28. The molecule has 0 spiro atoms. The van der Waals surface area contributed by atoms with Gasteiger partial charge in [0, 0.05) is 18.9 Å². The molecule has 2 heterocycles. The predicted octanol–water partition coefficient (Wildman–Crippen LogP) is 4.94. The van der Waals surface area contributed by atoms with Gasteiger partial charge < -0.3 is 21.4 Å². The molecule has 4 N–H and O–H groups in total. The highest BCUT2D eigenvalue weighted by molar-refractivity contribution is 7.14. The minimum atomic E-state index is -2.59. The summed E-state index contributed by atoms with van der Waals surface area (Å²) >= 11 is 0.776. The summed E-state index contributed by atoms with van der Waals surface area (Å²) < 4.78 is 25.5. The van der Waals surface area contributed by atoms with E-state index < -0.39 is 12.3 Å².